The third-order valence-corrected chi connectivity index (χ3v) is 3.67. The summed E-state index contributed by atoms with van der Waals surface area (Å²) < 4.78 is 4.98. The van der Waals surface area contributed by atoms with Crippen LogP contribution >= 0.6 is 11.8 Å². The first kappa shape index (κ1) is 13.7. The molecule has 0 fully saturated rings. The van der Waals surface area contributed by atoms with Crippen molar-refractivity contribution in [2.45, 2.75) is 18.7 Å². The van der Waals surface area contributed by atoms with Crippen LogP contribution in [0, 0.1) is 13.8 Å². The van der Waals surface area contributed by atoms with Crippen LogP contribution in [0.3, 0.4) is 0 Å². The van der Waals surface area contributed by atoms with E-state index in [0.29, 0.717) is 23.6 Å². The van der Waals surface area contributed by atoms with E-state index in [0.717, 1.165) is 5.75 Å². The Morgan fingerprint density at radius 1 is 1.32 bits per heavy atom. The number of nitrogens with one attached hydrogen (secondary N) is 1. The standard InChI is InChI=1S/C14H16N2O2S/c1-10-13(11(2)18-16-10)14(17)15-8-9-19-12-6-4-3-5-7-12/h3-7H,8-9H2,1-2H3,(H,15,17). The summed E-state index contributed by atoms with van der Waals surface area (Å²) in [6, 6.07) is 10.1. The van der Waals surface area contributed by atoms with Crippen molar-refractivity contribution in [1.82, 2.24) is 10.5 Å². The molecular formula is C14H16N2O2S. The highest BCUT2D eigenvalue weighted by molar-refractivity contribution is 7.99. The number of nitrogens with zero attached hydrogens (tertiary/aromatic N) is 1. The molecule has 0 unspecified atom stereocenters. The predicted octanol–water partition coefficient (Wildman–Crippen LogP) is 2.81. The van der Waals surface area contributed by atoms with Crippen LogP contribution in [0.4, 0.5) is 0 Å². The molecule has 0 saturated heterocycles. The lowest BCUT2D eigenvalue weighted by atomic mass is 10.2. The van der Waals surface area contributed by atoms with Crippen LogP contribution in [0.2, 0.25) is 0 Å². The van der Waals surface area contributed by atoms with E-state index in [-0.39, 0.29) is 5.91 Å². The number of aryl methyl sites for hydroxylation is 2. The predicted molar refractivity (Wildman–Crippen MR) is 75.5 cm³/mol. The van der Waals surface area contributed by atoms with Gasteiger partial charge < -0.3 is 9.84 Å². The average Bonchev–Trinajstić information content (AvgIpc) is 2.75. The minimum atomic E-state index is -0.120. The minimum Gasteiger partial charge on any atom is -0.361 e. The molecule has 0 saturated carbocycles. The molecule has 0 aliphatic rings. The van der Waals surface area contributed by atoms with Gasteiger partial charge in [0.25, 0.3) is 5.91 Å². The zero-order valence-corrected chi connectivity index (χ0v) is 11.8. The maximum absolute atomic E-state index is 11.9. The number of carbonyl (C=O) groups is 1. The van der Waals surface area contributed by atoms with E-state index < -0.39 is 0 Å². The van der Waals surface area contributed by atoms with Crippen LogP contribution in [0.15, 0.2) is 39.8 Å². The molecule has 1 heterocycles. The van der Waals surface area contributed by atoms with E-state index in [2.05, 4.69) is 22.6 Å². The Hall–Kier alpha value is -1.75. The smallest absolute Gasteiger partial charge is 0.256 e. The second-order valence-corrected chi connectivity index (χ2v) is 5.28. The molecule has 1 amide bonds. The molecule has 1 N–H and O–H groups in total. The van der Waals surface area contributed by atoms with Crippen molar-refractivity contribution in [1.29, 1.82) is 0 Å². The van der Waals surface area contributed by atoms with Gasteiger partial charge in [0.05, 0.1) is 5.69 Å². The van der Waals surface area contributed by atoms with Crippen LogP contribution in [0.1, 0.15) is 21.8 Å². The number of carbonyl (C=O) groups excluding carboxylic acids is 1. The van der Waals surface area contributed by atoms with E-state index >= 15 is 0 Å². The van der Waals surface area contributed by atoms with Gasteiger partial charge in [-0.2, -0.15) is 0 Å². The van der Waals surface area contributed by atoms with Crippen molar-refractivity contribution >= 4 is 17.7 Å². The molecule has 0 aliphatic carbocycles. The van der Waals surface area contributed by atoms with Crippen LogP contribution in [0.5, 0.6) is 0 Å². The van der Waals surface area contributed by atoms with Gasteiger partial charge in [0.1, 0.15) is 11.3 Å². The van der Waals surface area contributed by atoms with Gasteiger partial charge in [0.2, 0.25) is 0 Å². The summed E-state index contributed by atoms with van der Waals surface area (Å²) in [4.78, 5) is 13.1. The lowest BCUT2D eigenvalue weighted by molar-refractivity contribution is 0.0954. The van der Waals surface area contributed by atoms with Crippen LogP contribution in [0.25, 0.3) is 0 Å². The molecule has 0 aliphatic heterocycles. The number of rotatable bonds is 5. The number of thioether (sulfide) groups is 1. The Labute approximate surface area is 116 Å². The normalized spacial score (nSPS) is 10.4. The van der Waals surface area contributed by atoms with E-state index in [1.807, 2.05) is 18.2 Å². The Morgan fingerprint density at radius 3 is 2.68 bits per heavy atom. The van der Waals surface area contributed by atoms with Crippen molar-refractivity contribution in [3.8, 4) is 0 Å². The Kier molecular flexibility index (Phi) is 4.63. The van der Waals surface area contributed by atoms with E-state index in [9.17, 15) is 4.79 Å². The fraction of sp³-hybridized carbons (Fsp3) is 0.286. The van der Waals surface area contributed by atoms with Crippen molar-refractivity contribution in [2.24, 2.45) is 0 Å². The molecular weight excluding hydrogens is 260 g/mol. The van der Waals surface area contributed by atoms with Gasteiger partial charge in [0, 0.05) is 17.2 Å². The van der Waals surface area contributed by atoms with E-state index in [1.54, 1.807) is 25.6 Å². The topological polar surface area (TPSA) is 55.1 Å². The monoisotopic (exact) mass is 276 g/mol. The van der Waals surface area contributed by atoms with Gasteiger partial charge >= 0.3 is 0 Å². The van der Waals surface area contributed by atoms with Gasteiger partial charge in [-0.15, -0.1) is 11.8 Å². The summed E-state index contributed by atoms with van der Waals surface area (Å²) in [6.07, 6.45) is 0. The first-order valence-electron chi connectivity index (χ1n) is 6.07. The summed E-state index contributed by atoms with van der Waals surface area (Å²) in [5.41, 5.74) is 1.18. The largest absolute Gasteiger partial charge is 0.361 e. The molecule has 0 bridgehead atoms. The Morgan fingerprint density at radius 2 is 2.05 bits per heavy atom. The summed E-state index contributed by atoms with van der Waals surface area (Å²) in [7, 11) is 0. The van der Waals surface area contributed by atoms with Gasteiger partial charge in [-0.05, 0) is 26.0 Å². The molecule has 4 nitrogen and oxygen atoms in total. The maximum Gasteiger partial charge on any atom is 0.256 e. The zero-order valence-electron chi connectivity index (χ0n) is 11.0. The number of hydrogen-bond acceptors (Lipinski definition) is 4. The number of aromatic nitrogens is 1. The molecule has 2 aromatic rings. The molecule has 100 valence electrons. The van der Waals surface area contributed by atoms with Gasteiger partial charge in [0.15, 0.2) is 0 Å². The summed E-state index contributed by atoms with van der Waals surface area (Å²) in [5.74, 6) is 1.27. The van der Waals surface area contributed by atoms with Crippen molar-refractivity contribution in [2.75, 3.05) is 12.3 Å². The molecule has 1 aromatic heterocycles. The molecule has 0 spiro atoms. The van der Waals surface area contributed by atoms with Crippen molar-refractivity contribution in [3.05, 3.63) is 47.3 Å². The Balaban J connectivity index is 1.79. The van der Waals surface area contributed by atoms with Crippen molar-refractivity contribution < 1.29 is 9.32 Å². The second-order valence-electron chi connectivity index (χ2n) is 4.12. The highest BCUT2D eigenvalue weighted by Gasteiger charge is 2.16. The second kappa shape index (κ2) is 6.43. The van der Waals surface area contributed by atoms with Gasteiger partial charge in [-0.25, -0.2) is 0 Å². The van der Waals surface area contributed by atoms with Crippen LogP contribution < -0.4 is 5.32 Å². The highest BCUT2D eigenvalue weighted by atomic mass is 32.2. The lowest BCUT2D eigenvalue weighted by Crippen LogP contribution is -2.26. The SMILES string of the molecule is Cc1noc(C)c1C(=O)NCCSc1ccccc1. The molecule has 2 rings (SSSR count). The van der Waals surface area contributed by atoms with Gasteiger partial charge in [-0.1, -0.05) is 23.4 Å². The first-order chi connectivity index (χ1) is 9.18. The number of amides is 1. The molecule has 0 atom stereocenters. The summed E-state index contributed by atoms with van der Waals surface area (Å²) in [6.45, 7) is 4.13. The quantitative estimate of drug-likeness (QED) is 0.674. The molecule has 1 aromatic carbocycles. The number of benzene rings is 1. The Bertz CT molecular complexity index is 532. The van der Waals surface area contributed by atoms with Gasteiger partial charge in [-0.3, -0.25) is 4.79 Å². The molecule has 5 heteroatoms. The first-order valence-corrected chi connectivity index (χ1v) is 7.06. The maximum atomic E-state index is 11.9. The fourth-order valence-electron chi connectivity index (χ4n) is 1.75. The summed E-state index contributed by atoms with van der Waals surface area (Å²) in [5, 5.41) is 6.65. The summed E-state index contributed by atoms with van der Waals surface area (Å²) >= 11 is 1.71. The van der Waals surface area contributed by atoms with Crippen LogP contribution in [-0.2, 0) is 0 Å². The average molecular weight is 276 g/mol. The number of hydrogen-bond donors (Lipinski definition) is 1. The lowest BCUT2D eigenvalue weighted by Gasteiger charge is -2.04. The zero-order chi connectivity index (χ0) is 13.7. The van der Waals surface area contributed by atoms with E-state index in [1.165, 1.54) is 4.90 Å². The third kappa shape index (κ3) is 3.61. The molecule has 19 heavy (non-hydrogen) atoms. The van der Waals surface area contributed by atoms with Crippen molar-refractivity contribution in [3.63, 3.8) is 0 Å². The minimum absolute atomic E-state index is 0.120. The van der Waals surface area contributed by atoms with E-state index in [4.69, 9.17) is 4.52 Å². The third-order valence-electron chi connectivity index (χ3n) is 2.66. The highest BCUT2D eigenvalue weighted by Crippen LogP contribution is 2.16. The fourth-order valence-corrected chi connectivity index (χ4v) is 2.54. The van der Waals surface area contributed by atoms with Crippen LogP contribution in [-0.4, -0.2) is 23.4 Å². The molecule has 0 radical (unpaired) electrons.